The molecule has 2 aromatic carbocycles. The second-order valence-electron chi connectivity index (χ2n) is 5.27. The first-order valence-electron chi connectivity index (χ1n) is 7.83. The zero-order chi connectivity index (χ0) is 18.4. The highest BCUT2D eigenvalue weighted by Gasteiger charge is 2.11. The number of fused-ring (bicyclic) bond motifs is 1. The van der Waals surface area contributed by atoms with Crippen LogP contribution in [-0.4, -0.2) is 23.6 Å². The van der Waals surface area contributed by atoms with Crippen LogP contribution in [0.2, 0.25) is 0 Å². The van der Waals surface area contributed by atoms with Gasteiger partial charge in [0.1, 0.15) is 13.2 Å². The van der Waals surface area contributed by atoms with Gasteiger partial charge in [0.25, 0.3) is 0 Å². The molecule has 0 unspecified atom stereocenters. The van der Waals surface area contributed by atoms with E-state index in [1.54, 1.807) is 36.4 Å². The molecule has 1 N–H and O–H groups in total. The molecule has 0 aliphatic heterocycles. The lowest BCUT2D eigenvalue weighted by Crippen LogP contribution is -2.31. The molecule has 0 atom stereocenters. The van der Waals surface area contributed by atoms with Crippen molar-refractivity contribution >= 4 is 17.0 Å². The molecule has 0 spiro atoms. The summed E-state index contributed by atoms with van der Waals surface area (Å²) in [5, 5.41) is 2.58. The van der Waals surface area contributed by atoms with Crippen molar-refractivity contribution in [3.05, 3.63) is 64.9 Å². The van der Waals surface area contributed by atoms with E-state index < -0.39 is 11.6 Å². The molecule has 3 rings (SSSR count). The quantitative estimate of drug-likeness (QED) is 0.711. The molecular formula is C19H15FN2O4. The number of amides is 1. The Morgan fingerprint density at radius 1 is 1.15 bits per heavy atom. The van der Waals surface area contributed by atoms with E-state index in [-0.39, 0.29) is 31.4 Å². The lowest BCUT2D eigenvalue weighted by atomic mass is 10.3. The Hall–Kier alpha value is -3.53. The normalized spacial score (nSPS) is 10.2. The van der Waals surface area contributed by atoms with Crippen LogP contribution in [0, 0.1) is 17.7 Å². The van der Waals surface area contributed by atoms with Crippen LogP contribution < -0.4 is 15.8 Å². The zero-order valence-electron chi connectivity index (χ0n) is 13.7. The van der Waals surface area contributed by atoms with Gasteiger partial charge in [-0.15, -0.1) is 0 Å². The van der Waals surface area contributed by atoms with Gasteiger partial charge < -0.3 is 14.5 Å². The number of hydrogen-bond donors (Lipinski definition) is 1. The summed E-state index contributed by atoms with van der Waals surface area (Å²) in [7, 11) is 0. The predicted molar refractivity (Wildman–Crippen MR) is 93.2 cm³/mol. The van der Waals surface area contributed by atoms with Crippen molar-refractivity contribution in [3.8, 4) is 17.6 Å². The minimum absolute atomic E-state index is 0.00261. The second kappa shape index (κ2) is 8.03. The molecule has 1 aromatic heterocycles. The number of benzene rings is 2. The maximum absolute atomic E-state index is 13.3. The summed E-state index contributed by atoms with van der Waals surface area (Å²) >= 11 is 0. The van der Waals surface area contributed by atoms with Gasteiger partial charge in [0.15, 0.2) is 17.1 Å². The number of para-hydroxylation sites is 3. The fraction of sp³-hybridized carbons (Fsp3) is 0.158. The number of carbonyl (C=O) groups is 1. The molecule has 0 bridgehead atoms. The van der Waals surface area contributed by atoms with Crippen LogP contribution in [0.4, 0.5) is 4.39 Å². The lowest BCUT2D eigenvalue weighted by molar-refractivity contribution is -0.121. The molecule has 0 saturated carbocycles. The fourth-order valence-electron chi connectivity index (χ4n) is 2.30. The molecule has 1 amide bonds. The van der Waals surface area contributed by atoms with Crippen LogP contribution in [0.5, 0.6) is 5.75 Å². The number of rotatable bonds is 5. The largest absolute Gasteiger partial charge is 0.478 e. The van der Waals surface area contributed by atoms with E-state index in [0.29, 0.717) is 11.1 Å². The highest BCUT2D eigenvalue weighted by atomic mass is 19.1. The monoisotopic (exact) mass is 354 g/mol. The van der Waals surface area contributed by atoms with E-state index in [1.807, 2.05) is 0 Å². The van der Waals surface area contributed by atoms with Gasteiger partial charge in [-0.2, -0.15) is 0 Å². The zero-order valence-corrected chi connectivity index (χ0v) is 13.7. The molecule has 0 saturated heterocycles. The number of carbonyl (C=O) groups excluding carboxylic acids is 1. The maximum atomic E-state index is 13.3. The highest BCUT2D eigenvalue weighted by Crippen LogP contribution is 2.14. The first-order valence-corrected chi connectivity index (χ1v) is 7.83. The van der Waals surface area contributed by atoms with Crippen molar-refractivity contribution in [1.29, 1.82) is 0 Å². The molecule has 6 nitrogen and oxygen atoms in total. The summed E-state index contributed by atoms with van der Waals surface area (Å²) in [4.78, 5) is 23.7. The molecular weight excluding hydrogens is 339 g/mol. The Kier molecular flexibility index (Phi) is 5.34. The standard InChI is InChI=1S/C19H15FN2O4/c20-14-7-1-3-9-16(14)25-12-6-5-11-21-18(23)13-22-15-8-2-4-10-17(15)26-19(22)24/h1-4,7-10H,11-13H2,(H,21,23). The van der Waals surface area contributed by atoms with E-state index in [2.05, 4.69) is 17.2 Å². The van der Waals surface area contributed by atoms with Crippen LogP contribution in [0.3, 0.4) is 0 Å². The SMILES string of the molecule is O=C(Cn1c(=O)oc2ccccc21)NCC#CCOc1ccccc1F. The highest BCUT2D eigenvalue weighted by molar-refractivity contribution is 5.79. The smallest absolute Gasteiger partial charge is 0.420 e. The van der Waals surface area contributed by atoms with E-state index >= 15 is 0 Å². The van der Waals surface area contributed by atoms with E-state index in [9.17, 15) is 14.0 Å². The molecule has 0 fully saturated rings. The second-order valence-corrected chi connectivity index (χ2v) is 5.27. The molecule has 7 heteroatoms. The van der Waals surface area contributed by atoms with Gasteiger partial charge in [0.2, 0.25) is 5.91 Å². The minimum atomic E-state index is -0.592. The average Bonchev–Trinajstić information content (AvgIpc) is 2.95. The van der Waals surface area contributed by atoms with Crippen molar-refractivity contribution < 1.29 is 18.3 Å². The number of nitrogens with zero attached hydrogens (tertiary/aromatic N) is 1. The molecule has 0 aliphatic carbocycles. The molecule has 3 aromatic rings. The molecule has 0 radical (unpaired) electrons. The first-order chi connectivity index (χ1) is 12.6. The third-order valence-corrected chi connectivity index (χ3v) is 3.51. The van der Waals surface area contributed by atoms with E-state index in [1.165, 1.54) is 16.7 Å². The third-order valence-electron chi connectivity index (χ3n) is 3.51. The number of aromatic nitrogens is 1. The van der Waals surface area contributed by atoms with Gasteiger partial charge >= 0.3 is 5.76 Å². The summed E-state index contributed by atoms with van der Waals surface area (Å²) in [5.41, 5.74) is 0.979. The Bertz CT molecular complexity index is 1040. The van der Waals surface area contributed by atoms with Gasteiger partial charge in [-0.1, -0.05) is 36.1 Å². The summed E-state index contributed by atoms with van der Waals surface area (Å²) in [6.45, 7) is -0.0735. The molecule has 26 heavy (non-hydrogen) atoms. The van der Waals surface area contributed by atoms with Gasteiger partial charge in [-0.05, 0) is 24.3 Å². The van der Waals surface area contributed by atoms with Crippen molar-refractivity contribution in [2.75, 3.05) is 13.2 Å². The lowest BCUT2D eigenvalue weighted by Gasteiger charge is -2.03. The minimum Gasteiger partial charge on any atom is -0.478 e. The van der Waals surface area contributed by atoms with Gasteiger partial charge in [0, 0.05) is 0 Å². The Labute approximate surface area is 148 Å². The summed E-state index contributed by atoms with van der Waals surface area (Å²) in [5.74, 6) is 4.07. The average molecular weight is 354 g/mol. The molecule has 1 heterocycles. The Morgan fingerprint density at radius 3 is 2.77 bits per heavy atom. The number of nitrogens with one attached hydrogen (secondary N) is 1. The van der Waals surface area contributed by atoms with Crippen LogP contribution in [-0.2, 0) is 11.3 Å². The number of hydrogen-bond acceptors (Lipinski definition) is 4. The van der Waals surface area contributed by atoms with Crippen molar-refractivity contribution in [3.63, 3.8) is 0 Å². The summed E-state index contributed by atoms with van der Waals surface area (Å²) in [6, 6.07) is 12.9. The number of oxazole rings is 1. The predicted octanol–water partition coefficient (Wildman–Crippen LogP) is 1.93. The van der Waals surface area contributed by atoms with Crippen molar-refractivity contribution in [2.24, 2.45) is 0 Å². The van der Waals surface area contributed by atoms with E-state index in [0.717, 1.165) is 0 Å². The topological polar surface area (TPSA) is 73.5 Å². The fourth-order valence-corrected chi connectivity index (χ4v) is 2.30. The maximum Gasteiger partial charge on any atom is 0.420 e. The molecule has 0 aliphatic rings. The van der Waals surface area contributed by atoms with Crippen LogP contribution in [0.25, 0.3) is 11.1 Å². The summed E-state index contributed by atoms with van der Waals surface area (Å²) < 4.78 is 24.8. The number of ether oxygens (including phenoxy) is 1. The Morgan fingerprint density at radius 2 is 1.92 bits per heavy atom. The van der Waals surface area contributed by atoms with Crippen LogP contribution in [0.15, 0.2) is 57.7 Å². The Balaban J connectivity index is 1.48. The van der Waals surface area contributed by atoms with Crippen molar-refractivity contribution in [1.82, 2.24) is 9.88 Å². The summed E-state index contributed by atoms with van der Waals surface area (Å²) in [6.07, 6.45) is 0. The van der Waals surface area contributed by atoms with Gasteiger partial charge in [-0.3, -0.25) is 9.36 Å². The van der Waals surface area contributed by atoms with Gasteiger partial charge in [0.05, 0.1) is 12.1 Å². The third kappa shape index (κ3) is 4.11. The van der Waals surface area contributed by atoms with Crippen molar-refractivity contribution in [2.45, 2.75) is 6.54 Å². The van der Waals surface area contributed by atoms with Crippen LogP contribution in [0.1, 0.15) is 0 Å². The van der Waals surface area contributed by atoms with Gasteiger partial charge in [-0.25, -0.2) is 9.18 Å². The first kappa shape index (κ1) is 17.3. The number of halogens is 1. The van der Waals surface area contributed by atoms with E-state index in [4.69, 9.17) is 9.15 Å². The molecule has 132 valence electrons. The van der Waals surface area contributed by atoms with Crippen LogP contribution >= 0.6 is 0 Å².